The number of nitrogens with zero attached hydrogens (tertiary/aromatic N) is 3. The van der Waals surface area contributed by atoms with Crippen LogP contribution in [0.3, 0.4) is 0 Å². The van der Waals surface area contributed by atoms with Gasteiger partial charge in [0.2, 0.25) is 0 Å². The zero-order valence-electron chi connectivity index (χ0n) is 15.0. The van der Waals surface area contributed by atoms with Gasteiger partial charge in [-0.25, -0.2) is 0 Å². The summed E-state index contributed by atoms with van der Waals surface area (Å²) in [6.45, 7) is 1.57. The van der Waals surface area contributed by atoms with Crippen molar-refractivity contribution >= 4 is 17.7 Å². The van der Waals surface area contributed by atoms with Gasteiger partial charge in [-0.15, -0.1) is 0 Å². The van der Waals surface area contributed by atoms with Crippen LogP contribution in [0.15, 0.2) is 47.7 Å². The summed E-state index contributed by atoms with van der Waals surface area (Å²) in [5.41, 5.74) is 2.51. The molecule has 0 saturated heterocycles. The van der Waals surface area contributed by atoms with Gasteiger partial charge in [-0.05, 0) is 42.7 Å². The fraction of sp³-hybridized carbons (Fsp3) is 0.474. The Morgan fingerprint density at radius 3 is 2.92 bits per heavy atom. The Hall–Kier alpha value is -1.95. The number of nitrogens with one attached hydrogen (secondary N) is 2. The van der Waals surface area contributed by atoms with Crippen molar-refractivity contribution in [2.24, 2.45) is 4.99 Å². The van der Waals surface area contributed by atoms with E-state index in [1.165, 1.54) is 30.4 Å². The first-order chi connectivity index (χ1) is 12.3. The van der Waals surface area contributed by atoms with Gasteiger partial charge in [-0.3, -0.25) is 9.67 Å². The maximum atomic E-state index is 4.37. The molecule has 134 valence electrons. The highest BCUT2D eigenvalue weighted by atomic mass is 32.2. The first-order valence-corrected chi connectivity index (χ1v) is 10.1. The minimum atomic E-state index is 0.537. The lowest BCUT2D eigenvalue weighted by atomic mass is 10.1. The summed E-state index contributed by atoms with van der Waals surface area (Å²) in [6, 6.07) is 11.1. The van der Waals surface area contributed by atoms with Crippen LogP contribution in [-0.4, -0.2) is 40.3 Å². The second-order valence-electron chi connectivity index (χ2n) is 6.46. The van der Waals surface area contributed by atoms with Crippen molar-refractivity contribution in [3.8, 4) is 0 Å². The van der Waals surface area contributed by atoms with Gasteiger partial charge in [0.15, 0.2) is 5.96 Å². The van der Waals surface area contributed by atoms with Gasteiger partial charge in [-0.2, -0.15) is 16.9 Å². The van der Waals surface area contributed by atoms with Crippen LogP contribution in [0.1, 0.15) is 30.4 Å². The highest BCUT2D eigenvalue weighted by molar-refractivity contribution is 7.99. The molecule has 1 aromatic heterocycles. The van der Waals surface area contributed by atoms with Gasteiger partial charge in [-0.1, -0.05) is 24.3 Å². The van der Waals surface area contributed by atoms with Gasteiger partial charge < -0.3 is 10.6 Å². The van der Waals surface area contributed by atoms with E-state index in [2.05, 4.69) is 51.2 Å². The highest BCUT2D eigenvalue weighted by Gasteiger charge is 2.24. The van der Waals surface area contributed by atoms with Gasteiger partial charge >= 0.3 is 0 Å². The third-order valence-electron chi connectivity index (χ3n) is 4.64. The molecule has 2 unspecified atom stereocenters. The molecule has 0 aliphatic heterocycles. The van der Waals surface area contributed by atoms with Crippen molar-refractivity contribution in [1.29, 1.82) is 0 Å². The monoisotopic (exact) mass is 357 g/mol. The molecule has 0 radical (unpaired) electrons. The molecule has 0 bridgehead atoms. The fourth-order valence-electron chi connectivity index (χ4n) is 3.28. The molecule has 1 aliphatic carbocycles. The molecule has 25 heavy (non-hydrogen) atoms. The molecule has 2 atom stereocenters. The molecule has 0 spiro atoms. The van der Waals surface area contributed by atoms with Crippen molar-refractivity contribution in [3.63, 3.8) is 0 Å². The summed E-state index contributed by atoms with van der Waals surface area (Å²) in [5.74, 6) is 0.893. The predicted molar refractivity (Wildman–Crippen MR) is 106 cm³/mol. The van der Waals surface area contributed by atoms with E-state index in [1.54, 1.807) is 0 Å². The summed E-state index contributed by atoms with van der Waals surface area (Å²) in [4.78, 5) is 4.37. The Morgan fingerprint density at radius 2 is 2.20 bits per heavy atom. The molecule has 2 aromatic rings. The predicted octanol–water partition coefficient (Wildman–Crippen LogP) is 2.88. The molecule has 6 heteroatoms. The number of rotatable bonds is 6. The molecular weight excluding hydrogens is 330 g/mol. The van der Waals surface area contributed by atoms with Crippen molar-refractivity contribution < 1.29 is 0 Å². The molecule has 1 fully saturated rings. The van der Waals surface area contributed by atoms with E-state index in [4.69, 9.17) is 0 Å². The Balaban J connectivity index is 1.51. The van der Waals surface area contributed by atoms with Gasteiger partial charge in [0.1, 0.15) is 0 Å². The fourth-order valence-corrected chi connectivity index (χ4v) is 4.07. The highest BCUT2D eigenvalue weighted by Crippen LogP contribution is 2.28. The van der Waals surface area contributed by atoms with E-state index >= 15 is 0 Å². The number of thioether (sulfide) groups is 1. The SMILES string of the molecule is CN=C(NCc1cccc(Cn2cccn2)c1)NC1CCC(SC)C1. The zero-order valence-corrected chi connectivity index (χ0v) is 15.8. The summed E-state index contributed by atoms with van der Waals surface area (Å²) in [5, 5.41) is 12.1. The number of aromatic nitrogens is 2. The molecule has 0 amide bonds. The summed E-state index contributed by atoms with van der Waals surface area (Å²) in [6.07, 6.45) is 9.75. The average molecular weight is 358 g/mol. The quantitative estimate of drug-likeness (QED) is 0.617. The van der Waals surface area contributed by atoms with Crippen LogP contribution >= 0.6 is 11.8 Å². The average Bonchev–Trinajstić information content (AvgIpc) is 3.30. The maximum Gasteiger partial charge on any atom is 0.191 e. The maximum absolute atomic E-state index is 4.37. The van der Waals surface area contributed by atoms with Gasteiger partial charge in [0.25, 0.3) is 0 Å². The van der Waals surface area contributed by atoms with Crippen molar-refractivity contribution in [2.45, 2.75) is 43.6 Å². The minimum Gasteiger partial charge on any atom is -0.354 e. The normalized spacial score (nSPS) is 20.6. The Kier molecular flexibility index (Phi) is 6.39. The molecule has 5 nitrogen and oxygen atoms in total. The van der Waals surface area contributed by atoms with E-state index < -0.39 is 0 Å². The largest absolute Gasteiger partial charge is 0.354 e. The zero-order chi connectivity index (χ0) is 17.5. The van der Waals surface area contributed by atoms with Crippen LogP contribution in [0.4, 0.5) is 0 Å². The smallest absolute Gasteiger partial charge is 0.191 e. The standard InChI is InChI=1S/C19H27N5S/c1-20-19(23-17-7-8-18(12-17)25-2)21-13-15-5-3-6-16(11-15)14-24-10-4-9-22-24/h3-6,9-11,17-18H,7-8,12-14H2,1-2H3,(H2,20,21,23). The van der Waals surface area contributed by atoms with Crippen molar-refractivity contribution in [3.05, 3.63) is 53.9 Å². The molecule has 3 rings (SSSR count). The lowest BCUT2D eigenvalue weighted by Crippen LogP contribution is -2.42. The van der Waals surface area contributed by atoms with E-state index in [-0.39, 0.29) is 0 Å². The van der Waals surface area contributed by atoms with Crippen molar-refractivity contribution in [2.75, 3.05) is 13.3 Å². The Morgan fingerprint density at radius 1 is 1.32 bits per heavy atom. The van der Waals surface area contributed by atoms with Crippen LogP contribution < -0.4 is 10.6 Å². The van der Waals surface area contributed by atoms with Crippen LogP contribution in [0.25, 0.3) is 0 Å². The molecular formula is C19H27N5S. The van der Waals surface area contributed by atoms with E-state index in [0.29, 0.717) is 6.04 Å². The first kappa shape index (κ1) is 17.9. The van der Waals surface area contributed by atoms with Crippen LogP contribution in [0.2, 0.25) is 0 Å². The number of aliphatic imine (C=N–C) groups is 1. The first-order valence-electron chi connectivity index (χ1n) is 8.82. The third-order valence-corrected chi connectivity index (χ3v) is 5.73. The number of guanidine groups is 1. The summed E-state index contributed by atoms with van der Waals surface area (Å²) in [7, 11) is 1.84. The van der Waals surface area contributed by atoms with E-state index in [9.17, 15) is 0 Å². The van der Waals surface area contributed by atoms with Crippen LogP contribution in [0.5, 0.6) is 0 Å². The van der Waals surface area contributed by atoms with E-state index in [1.807, 2.05) is 42.0 Å². The van der Waals surface area contributed by atoms with E-state index in [0.717, 1.165) is 24.3 Å². The third kappa shape index (κ3) is 5.26. The molecule has 2 N–H and O–H groups in total. The van der Waals surface area contributed by atoms with Crippen LogP contribution in [0, 0.1) is 0 Å². The molecule has 1 saturated carbocycles. The summed E-state index contributed by atoms with van der Waals surface area (Å²) >= 11 is 1.98. The number of hydrogen-bond acceptors (Lipinski definition) is 3. The minimum absolute atomic E-state index is 0.537. The Bertz CT molecular complexity index is 683. The van der Waals surface area contributed by atoms with Gasteiger partial charge in [0, 0.05) is 37.3 Å². The number of benzene rings is 1. The molecule has 1 aromatic carbocycles. The summed E-state index contributed by atoms with van der Waals surface area (Å²) < 4.78 is 1.94. The van der Waals surface area contributed by atoms with Crippen LogP contribution in [-0.2, 0) is 13.1 Å². The number of hydrogen-bond donors (Lipinski definition) is 2. The topological polar surface area (TPSA) is 54.2 Å². The second-order valence-corrected chi connectivity index (χ2v) is 7.60. The van der Waals surface area contributed by atoms with Gasteiger partial charge in [0.05, 0.1) is 6.54 Å². The second kappa shape index (κ2) is 8.94. The molecule has 1 heterocycles. The lowest BCUT2D eigenvalue weighted by molar-refractivity contribution is 0.614. The Labute approximate surface area is 154 Å². The van der Waals surface area contributed by atoms with Crippen molar-refractivity contribution in [1.82, 2.24) is 20.4 Å². The molecule has 1 aliphatic rings. The lowest BCUT2D eigenvalue weighted by Gasteiger charge is -2.17.